The van der Waals surface area contributed by atoms with Crippen molar-refractivity contribution in [1.82, 2.24) is 5.32 Å². The second-order valence-corrected chi connectivity index (χ2v) is 6.70. The molecule has 19 heavy (non-hydrogen) atoms. The van der Waals surface area contributed by atoms with Crippen LogP contribution in [0.2, 0.25) is 0 Å². The van der Waals surface area contributed by atoms with Crippen molar-refractivity contribution in [2.24, 2.45) is 5.92 Å². The van der Waals surface area contributed by atoms with Crippen molar-refractivity contribution in [3.63, 3.8) is 0 Å². The topological polar surface area (TPSA) is 41.1 Å². The lowest BCUT2D eigenvalue weighted by atomic mass is 9.86. The Balaban J connectivity index is 1.77. The molecule has 1 aliphatic heterocycles. The number of carbonyl (C=O) groups excluding carboxylic acids is 1. The molecule has 0 radical (unpaired) electrons. The monoisotopic (exact) mass is 322 g/mol. The maximum absolute atomic E-state index is 12.1. The first-order chi connectivity index (χ1) is 9.13. The summed E-state index contributed by atoms with van der Waals surface area (Å²) in [6.07, 6.45) is 4.94. The Morgan fingerprint density at radius 3 is 3.00 bits per heavy atom. The number of nitrogens with one attached hydrogen (secondary N) is 2. The van der Waals surface area contributed by atoms with Crippen molar-refractivity contribution in [3.05, 3.63) is 28.2 Å². The van der Waals surface area contributed by atoms with Gasteiger partial charge in [0.15, 0.2) is 0 Å². The van der Waals surface area contributed by atoms with Crippen molar-refractivity contribution in [2.75, 3.05) is 5.32 Å². The molecule has 3 atom stereocenters. The van der Waals surface area contributed by atoms with Crippen molar-refractivity contribution < 1.29 is 4.79 Å². The molecule has 0 saturated heterocycles. The molecule has 0 aromatic heterocycles. The second kappa shape index (κ2) is 5.25. The molecule has 2 aliphatic rings. The lowest BCUT2D eigenvalue weighted by Gasteiger charge is -2.29. The fraction of sp³-hybridized carbons (Fsp3) is 0.533. The Morgan fingerprint density at radius 2 is 2.21 bits per heavy atom. The van der Waals surface area contributed by atoms with Crippen LogP contribution in [0.5, 0.6) is 0 Å². The Kier molecular flexibility index (Phi) is 3.63. The van der Waals surface area contributed by atoms with Crippen molar-refractivity contribution >= 4 is 27.5 Å². The van der Waals surface area contributed by atoms with E-state index in [-0.39, 0.29) is 11.9 Å². The van der Waals surface area contributed by atoms with Gasteiger partial charge in [-0.2, -0.15) is 0 Å². The molecule has 1 fully saturated rings. The van der Waals surface area contributed by atoms with Crippen molar-refractivity contribution in [2.45, 2.75) is 44.7 Å². The number of amides is 1. The van der Waals surface area contributed by atoms with Crippen LogP contribution in [0.25, 0.3) is 0 Å². The summed E-state index contributed by atoms with van der Waals surface area (Å²) in [6.45, 7) is 2.30. The first-order valence-corrected chi connectivity index (χ1v) is 7.79. The van der Waals surface area contributed by atoms with Crippen molar-refractivity contribution in [1.29, 1.82) is 0 Å². The van der Waals surface area contributed by atoms with E-state index in [0.29, 0.717) is 6.04 Å². The predicted octanol–water partition coefficient (Wildman–Crippen LogP) is 3.61. The van der Waals surface area contributed by atoms with Crippen LogP contribution in [0.3, 0.4) is 0 Å². The minimum atomic E-state index is -0.182. The van der Waals surface area contributed by atoms with E-state index >= 15 is 0 Å². The van der Waals surface area contributed by atoms with E-state index in [4.69, 9.17) is 0 Å². The van der Waals surface area contributed by atoms with Gasteiger partial charge in [-0.25, -0.2) is 0 Å². The quantitative estimate of drug-likeness (QED) is 0.873. The van der Waals surface area contributed by atoms with E-state index in [1.165, 1.54) is 25.7 Å². The average Bonchev–Trinajstić information content (AvgIpc) is 2.65. The number of rotatable bonds is 2. The summed E-state index contributed by atoms with van der Waals surface area (Å²) in [5.41, 5.74) is 2.01. The molecule has 1 aromatic rings. The molecule has 2 N–H and O–H groups in total. The number of benzene rings is 1. The molecule has 1 aromatic carbocycles. The number of hydrogen-bond acceptors (Lipinski definition) is 2. The predicted molar refractivity (Wildman–Crippen MR) is 80.1 cm³/mol. The Labute approximate surface area is 122 Å². The number of halogens is 1. The molecule has 4 heteroatoms. The van der Waals surface area contributed by atoms with Crippen LogP contribution in [-0.2, 0) is 4.79 Å². The van der Waals surface area contributed by atoms with Gasteiger partial charge >= 0.3 is 0 Å². The van der Waals surface area contributed by atoms with Crippen LogP contribution >= 0.6 is 15.9 Å². The molecule has 1 saturated carbocycles. The van der Waals surface area contributed by atoms with Crippen LogP contribution in [0.15, 0.2) is 22.7 Å². The van der Waals surface area contributed by atoms with E-state index in [0.717, 1.165) is 21.6 Å². The third-order valence-corrected chi connectivity index (χ3v) is 4.68. The standard InChI is InChI=1S/C15H19BrN2O/c1-9-3-2-4-11(7-9)17-14-12-6-5-10(16)8-13(12)18-15(14)19/h5-6,8-9,11,14,17H,2-4,7H2,1H3,(H,18,19). The van der Waals surface area contributed by atoms with Crippen LogP contribution in [0, 0.1) is 5.92 Å². The molecular formula is C15H19BrN2O. The van der Waals surface area contributed by atoms with E-state index in [1.54, 1.807) is 0 Å². The maximum atomic E-state index is 12.1. The van der Waals surface area contributed by atoms with Gasteiger partial charge in [0.25, 0.3) is 0 Å². The summed E-state index contributed by atoms with van der Waals surface area (Å²) in [5.74, 6) is 0.839. The highest BCUT2D eigenvalue weighted by molar-refractivity contribution is 9.10. The fourth-order valence-corrected chi connectivity index (χ4v) is 3.58. The third kappa shape index (κ3) is 2.70. The molecule has 1 heterocycles. The number of anilines is 1. The summed E-state index contributed by atoms with van der Waals surface area (Å²) in [4.78, 5) is 12.1. The van der Waals surface area contributed by atoms with Crippen LogP contribution in [-0.4, -0.2) is 11.9 Å². The summed E-state index contributed by atoms with van der Waals surface area (Å²) in [5, 5.41) is 6.50. The smallest absolute Gasteiger partial charge is 0.246 e. The highest BCUT2D eigenvalue weighted by Gasteiger charge is 2.33. The third-order valence-electron chi connectivity index (χ3n) is 4.19. The lowest BCUT2D eigenvalue weighted by Crippen LogP contribution is -2.39. The van der Waals surface area contributed by atoms with Gasteiger partial charge in [-0.1, -0.05) is 41.8 Å². The number of fused-ring (bicyclic) bond motifs is 1. The van der Waals surface area contributed by atoms with Gasteiger partial charge in [0.05, 0.1) is 0 Å². The zero-order valence-electron chi connectivity index (χ0n) is 11.1. The van der Waals surface area contributed by atoms with Gasteiger partial charge in [0.1, 0.15) is 6.04 Å². The molecule has 3 rings (SSSR count). The largest absolute Gasteiger partial charge is 0.324 e. The van der Waals surface area contributed by atoms with Crippen molar-refractivity contribution in [3.8, 4) is 0 Å². The average molecular weight is 323 g/mol. The molecule has 0 spiro atoms. The van der Waals surface area contributed by atoms with E-state index in [9.17, 15) is 4.79 Å². The Morgan fingerprint density at radius 1 is 1.37 bits per heavy atom. The lowest BCUT2D eigenvalue weighted by molar-refractivity contribution is -0.118. The van der Waals surface area contributed by atoms with Gasteiger partial charge < -0.3 is 5.32 Å². The molecule has 102 valence electrons. The van der Waals surface area contributed by atoms with Gasteiger partial charge in [0, 0.05) is 21.8 Å². The molecule has 3 nitrogen and oxygen atoms in total. The van der Waals surface area contributed by atoms with Crippen LogP contribution in [0.4, 0.5) is 5.69 Å². The van der Waals surface area contributed by atoms with Crippen LogP contribution < -0.4 is 10.6 Å². The van der Waals surface area contributed by atoms with E-state index in [2.05, 4.69) is 33.5 Å². The minimum absolute atomic E-state index is 0.0753. The summed E-state index contributed by atoms with van der Waals surface area (Å²) in [7, 11) is 0. The van der Waals surface area contributed by atoms with Gasteiger partial charge in [0.2, 0.25) is 5.91 Å². The van der Waals surface area contributed by atoms with Gasteiger partial charge in [-0.3, -0.25) is 10.1 Å². The maximum Gasteiger partial charge on any atom is 0.246 e. The molecule has 1 amide bonds. The fourth-order valence-electron chi connectivity index (χ4n) is 3.22. The zero-order valence-corrected chi connectivity index (χ0v) is 12.7. The van der Waals surface area contributed by atoms with E-state index in [1.807, 2.05) is 18.2 Å². The summed E-state index contributed by atoms with van der Waals surface area (Å²) < 4.78 is 0.999. The van der Waals surface area contributed by atoms with Gasteiger partial charge in [-0.15, -0.1) is 0 Å². The Bertz CT molecular complexity index is 503. The minimum Gasteiger partial charge on any atom is -0.324 e. The summed E-state index contributed by atoms with van der Waals surface area (Å²) in [6, 6.07) is 6.28. The Hall–Kier alpha value is -0.870. The first-order valence-electron chi connectivity index (χ1n) is 7.00. The van der Waals surface area contributed by atoms with Gasteiger partial charge in [-0.05, 0) is 30.9 Å². The highest BCUT2D eigenvalue weighted by Crippen LogP contribution is 2.34. The van der Waals surface area contributed by atoms with E-state index < -0.39 is 0 Å². The van der Waals surface area contributed by atoms with Crippen LogP contribution in [0.1, 0.15) is 44.2 Å². The number of carbonyl (C=O) groups is 1. The molecular weight excluding hydrogens is 304 g/mol. The SMILES string of the molecule is CC1CCCC(NC2C(=O)Nc3cc(Br)ccc32)C1. The summed E-state index contributed by atoms with van der Waals surface area (Å²) >= 11 is 3.44. The molecule has 1 aliphatic carbocycles. The first kappa shape index (κ1) is 13.1. The second-order valence-electron chi connectivity index (χ2n) is 5.79. The molecule has 0 bridgehead atoms. The molecule has 3 unspecified atom stereocenters. The zero-order chi connectivity index (χ0) is 13.4. The normalized spacial score (nSPS) is 30.0. The number of hydrogen-bond donors (Lipinski definition) is 2. The highest BCUT2D eigenvalue weighted by atomic mass is 79.9.